The zero-order valence-corrected chi connectivity index (χ0v) is 17.4. The van der Waals surface area contributed by atoms with Crippen molar-refractivity contribution in [3.05, 3.63) is 0 Å². The van der Waals surface area contributed by atoms with E-state index in [0.29, 0.717) is 25.2 Å². The summed E-state index contributed by atoms with van der Waals surface area (Å²) in [7, 11) is 0. The molecule has 0 aliphatic heterocycles. The van der Waals surface area contributed by atoms with Crippen molar-refractivity contribution in [2.24, 2.45) is 40.9 Å². The van der Waals surface area contributed by atoms with Crippen molar-refractivity contribution in [3.63, 3.8) is 0 Å². The Hall–Kier alpha value is -0.720. The van der Waals surface area contributed by atoms with E-state index in [1.165, 1.54) is 0 Å². The monoisotopic (exact) mass is 400 g/mol. The molecule has 162 valence electrons. The Balaban J connectivity index is 1.86. The third kappa shape index (κ3) is 3.84. The molecule has 6 heteroatoms. The van der Waals surface area contributed by atoms with Gasteiger partial charge in [-0.15, -0.1) is 0 Å². The number of rotatable bonds is 4. The summed E-state index contributed by atoms with van der Waals surface area (Å²) in [5, 5.41) is 40.8. The molecule has 3 fully saturated rings. The fraction of sp³-hybridized carbons (Fsp3) is 0.955. The molecule has 28 heavy (non-hydrogen) atoms. The Morgan fingerprint density at radius 1 is 1.25 bits per heavy atom. The van der Waals surface area contributed by atoms with Gasteiger partial charge in [-0.3, -0.25) is 4.79 Å². The van der Waals surface area contributed by atoms with Gasteiger partial charge in [-0.2, -0.15) is 0 Å². The van der Waals surface area contributed by atoms with Crippen LogP contribution in [0.2, 0.25) is 0 Å². The van der Waals surface area contributed by atoms with Crippen molar-refractivity contribution >= 4 is 5.97 Å². The number of alkyl halides is 1. The lowest BCUT2D eigenvalue weighted by Gasteiger charge is -2.54. The fourth-order valence-electron chi connectivity index (χ4n) is 7.27. The number of carboxylic acids is 1. The summed E-state index contributed by atoms with van der Waals surface area (Å²) in [5.74, 6) is -3.31. The first-order valence-corrected chi connectivity index (χ1v) is 11.0. The lowest BCUT2D eigenvalue weighted by molar-refractivity contribution is -0.251. The van der Waals surface area contributed by atoms with Crippen molar-refractivity contribution in [1.82, 2.24) is 0 Å². The quantitative estimate of drug-likeness (QED) is 0.543. The van der Waals surface area contributed by atoms with E-state index in [-0.39, 0.29) is 41.9 Å². The molecular formula is C22H37FO5. The predicted molar refractivity (Wildman–Crippen MR) is 103 cm³/mol. The summed E-state index contributed by atoms with van der Waals surface area (Å²) < 4.78 is 15.3. The minimum absolute atomic E-state index is 0.0504. The van der Waals surface area contributed by atoms with E-state index in [0.717, 1.165) is 19.3 Å². The minimum atomic E-state index is -2.33. The second-order valence-corrected chi connectivity index (χ2v) is 10.4. The van der Waals surface area contributed by atoms with Crippen LogP contribution in [0.3, 0.4) is 0 Å². The van der Waals surface area contributed by atoms with Crippen molar-refractivity contribution in [2.45, 2.75) is 90.2 Å². The van der Waals surface area contributed by atoms with Crippen LogP contribution in [0.25, 0.3) is 0 Å². The number of hydrogen-bond acceptors (Lipinski definition) is 4. The van der Waals surface area contributed by atoms with E-state index in [9.17, 15) is 20.1 Å². The van der Waals surface area contributed by atoms with Gasteiger partial charge in [0.1, 0.15) is 0 Å². The SMILES string of the molecule is C[C@@H]1CC(O)C2C3CC[C@H]([C@H](C)CCC(=O)O)[C@@]3(C)CC[C@H]2C(F)C(O)(O)C1. The van der Waals surface area contributed by atoms with Crippen LogP contribution in [-0.4, -0.2) is 44.5 Å². The molecule has 0 spiro atoms. The molecule has 0 radical (unpaired) electrons. The maximum absolute atomic E-state index is 15.3. The second kappa shape index (κ2) is 7.84. The molecule has 0 bridgehead atoms. The molecule has 4 N–H and O–H groups in total. The first kappa shape index (κ1) is 22.0. The van der Waals surface area contributed by atoms with Crippen LogP contribution in [0.15, 0.2) is 0 Å². The van der Waals surface area contributed by atoms with Gasteiger partial charge in [-0.25, -0.2) is 4.39 Å². The highest BCUT2D eigenvalue weighted by molar-refractivity contribution is 5.66. The van der Waals surface area contributed by atoms with Gasteiger partial charge in [-0.1, -0.05) is 20.8 Å². The summed E-state index contributed by atoms with van der Waals surface area (Å²) >= 11 is 0. The lowest BCUT2D eigenvalue weighted by atomic mass is 9.53. The van der Waals surface area contributed by atoms with Crippen molar-refractivity contribution < 1.29 is 29.6 Å². The van der Waals surface area contributed by atoms with E-state index >= 15 is 4.39 Å². The summed E-state index contributed by atoms with van der Waals surface area (Å²) in [5.41, 5.74) is -0.0597. The van der Waals surface area contributed by atoms with Gasteiger partial charge in [0, 0.05) is 18.8 Å². The third-order valence-electron chi connectivity index (χ3n) is 8.51. The van der Waals surface area contributed by atoms with Crippen molar-refractivity contribution in [2.75, 3.05) is 0 Å². The first-order valence-electron chi connectivity index (χ1n) is 11.0. The molecule has 0 aromatic rings. The topological polar surface area (TPSA) is 98.0 Å². The van der Waals surface area contributed by atoms with Crippen LogP contribution in [-0.2, 0) is 4.79 Å². The van der Waals surface area contributed by atoms with Gasteiger partial charge < -0.3 is 20.4 Å². The Morgan fingerprint density at radius 2 is 1.93 bits per heavy atom. The van der Waals surface area contributed by atoms with E-state index < -0.39 is 29.9 Å². The van der Waals surface area contributed by atoms with E-state index in [4.69, 9.17) is 5.11 Å². The van der Waals surface area contributed by atoms with Gasteiger partial charge >= 0.3 is 5.97 Å². The normalized spacial score (nSPS) is 46.8. The maximum Gasteiger partial charge on any atom is 0.303 e. The van der Waals surface area contributed by atoms with E-state index in [2.05, 4.69) is 13.8 Å². The fourth-order valence-corrected chi connectivity index (χ4v) is 7.27. The van der Waals surface area contributed by atoms with Gasteiger partial charge in [0.05, 0.1) is 6.10 Å². The van der Waals surface area contributed by atoms with Crippen LogP contribution in [0.4, 0.5) is 4.39 Å². The van der Waals surface area contributed by atoms with Gasteiger partial charge in [-0.05, 0) is 73.5 Å². The molecule has 4 unspecified atom stereocenters. The summed E-state index contributed by atoms with van der Waals surface area (Å²) in [6, 6.07) is 0. The van der Waals surface area contributed by atoms with Crippen LogP contribution < -0.4 is 0 Å². The van der Waals surface area contributed by atoms with Crippen LogP contribution >= 0.6 is 0 Å². The molecule has 3 rings (SSSR count). The Morgan fingerprint density at radius 3 is 2.57 bits per heavy atom. The van der Waals surface area contributed by atoms with Crippen molar-refractivity contribution in [3.8, 4) is 0 Å². The zero-order chi connectivity index (χ0) is 20.9. The molecule has 0 saturated heterocycles. The van der Waals surface area contributed by atoms with Gasteiger partial charge in [0.2, 0.25) is 0 Å². The summed E-state index contributed by atoms with van der Waals surface area (Å²) in [6.45, 7) is 6.19. The molecule has 3 aliphatic rings. The number of carbonyl (C=O) groups is 1. The average Bonchev–Trinajstić information content (AvgIpc) is 2.93. The molecule has 3 aliphatic carbocycles. The first-order chi connectivity index (χ1) is 13.0. The summed E-state index contributed by atoms with van der Waals surface area (Å²) in [4.78, 5) is 11.0. The number of fused-ring (bicyclic) bond motifs is 3. The number of aliphatic hydroxyl groups excluding tert-OH is 1. The van der Waals surface area contributed by atoms with Gasteiger partial charge in [0.15, 0.2) is 12.0 Å². The number of carboxylic acid groups (broad SMARTS) is 1. The Kier molecular flexibility index (Phi) is 6.15. The molecule has 0 aromatic carbocycles. The molecule has 0 heterocycles. The van der Waals surface area contributed by atoms with Crippen molar-refractivity contribution in [1.29, 1.82) is 0 Å². The highest BCUT2D eigenvalue weighted by Crippen LogP contribution is 2.63. The molecule has 0 amide bonds. The molecule has 3 saturated carbocycles. The second-order valence-electron chi connectivity index (χ2n) is 10.4. The van der Waals surface area contributed by atoms with Crippen LogP contribution in [0, 0.1) is 40.9 Å². The molecule has 0 aromatic heterocycles. The number of halogens is 1. The molecule has 5 nitrogen and oxygen atoms in total. The largest absolute Gasteiger partial charge is 0.481 e. The highest BCUT2D eigenvalue weighted by atomic mass is 19.1. The third-order valence-corrected chi connectivity index (χ3v) is 8.51. The Bertz CT molecular complexity index is 581. The zero-order valence-electron chi connectivity index (χ0n) is 17.4. The summed E-state index contributed by atoms with van der Waals surface area (Å²) in [6.07, 6.45) is 2.01. The standard InChI is InChI=1S/C22H37FO5/c1-12-10-17(24)19-14(20(23)22(27,28)11-12)8-9-21(3)15(5-6-16(19)21)13(2)4-7-18(25)26/h12-17,19-20,24,27-28H,4-11H2,1-3H3,(H,25,26)/t12-,13-,14-,15-,16?,17?,19?,20?,21-/m1/s1. The lowest BCUT2D eigenvalue weighted by Crippen LogP contribution is -2.56. The maximum atomic E-state index is 15.3. The highest BCUT2D eigenvalue weighted by Gasteiger charge is 2.60. The number of aliphatic carboxylic acids is 1. The number of aliphatic hydroxyl groups is 3. The van der Waals surface area contributed by atoms with Crippen LogP contribution in [0.5, 0.6) is 0 Å². The minimum Gasteiger partial charge on any atom is -0.481 e. The van der Waals surface area contributed by atoms with Crippen LogP contribution in [0.1, 0.15) is 72.1 Å². The predicted octanol–water partition coefficient (Wildman–Crippen LogP) is 3.36. The molecule has 9 atom stereocenters. The van der Waals surface area contributed by atoms with Gasteiger partial charge in [0.25, 0.3) is 0 Å². The van der Waals surface area contributed by atoms with E-state index in [1.807, 2.05) is 6.92 Å². The smallest absolute Gasteiger partial charge is 0.303 e. The molecular weight excluding hydrogens is 363 g/mol. The Labute approximate surface area is 167 Å². The number of hydrogen-bond donors (Lipinski definition) is 4. The van der Waals surface area contributed by atoms with E-state index in [1.54, 1.807) is 0 Å². The average molecular weight is 401 g/mol.